The summed E-state index contributed by atoms with van der Waals surface area (Å²) in [5.74, 6) is -0.268. The zero-order valence-corrected chi connectivity index (χ0v) is 22.1. The maximum atomic E-state index is 13.1. The van der Waals surface area contributed by atoms with Crippen LogP contribution in [0, 0.1) is 16.7 Å². The van der Waals surface area contributed by atoms with Crippen LogP contribution in [0.15, 0.2) is 23.5 Å². The molecule has 1 heterocycles. The molecule has 0 bridgehead atoms. The van der Waals surface area contributed by atoms with Crippen LogP contribution in [0.25, 0.3) is 0 Å². The summed E-state index contributed by atoms with van der Waals surface area (Å²) in [5.41, 5.74) is 1.16. The van der Waals surface area contributed by atoms with Gasteiger partial charge in [-0.05, 0) is 37.0 Å². The van der Waals surface area contributed by atoms with Crippen molar-refractivity contribution in [2.75, 3.05) is 19.8 Å². The smallest absolute Gasteiger partial charge is 0.313 e. The maximum absolute atomic E-state index is 13.1. The Morgan fingerprint density at radius 2 is 1.74 bits per heavy atom. The third-order valence-electron chi connectivity index (χ3n) is 8.29. The van der Waals surface area contributed by atoms with Crippen molar-refractivity contribution in [2.24, 2.45) is 16.7 Å². The number of esters is 1. The highest BCUT2D eigenvalue weighted by Gasteiger charge is 2.65. The summed E-state index contributed by atoms with van der Waals surface area (Å²) in [5, 5.41) is 0.0626. The van der Waals surface area contributed by atoms with Gasteiger partial charge in [-0.25, -0.2) is 0 Å². The van der Waals surface area contributed by atoms with Crippen LogP contribution in [-0.2, 0) is 23.4 Å². The molecule has 1 saturated carbocycles. The molecule has 2 atom stereocenters. The summed E-state index contributed by atoms with van der Waals surface area (Å²) < 4.78 is 25.0. The van der Waals surface area contributed by atoms with E-state index in [-0.39, 0.29) is 16.9 Å². The third-order valence-corrected chi connectivity index (χ3v) is 12.7. The number of hydrogen-bond acceptors (Lipinski definition) is 5. The van der Waals surface area contributed by atoms with Gasteiger partial charge in [0.2, 0.25) is 8.32 Å². The van der Waals surface area contributed by atoms with Crippen LogP contribution in [0.5, 0.6) is 0 Å². The van der Waals surface area contributed by atoms with Gasteiger partial charge in [-0.2, -0.15) is 0 Å². The second kappa shape index (κ2) is 7.74. The van der Waals surface area contributed by atoms with Crippen LogP contribution >= 0.6 is 0 Å². The summed E-state index contributed by atoms with van der Waals surface area (Å²) in [7, 11) is -2.11. The lowest BCUT2D eigenvalue weighted by Gasteiger charge is -2.59. The zero-order chi connectivity index (χ0) is 23.5. The van der Waals surface area contributed by atoms with Crippen LogP contribution in [0.2, 0.25) is 18.1 Å². The number of ether oxygens (including phenoxy) is 3. The number of fused-ring (bicyclic) bond motifs is 1. The van der Waals surface area contributed by atoms with Crippen molar-refractivity contribution in [3.05, 3.63) is 23.5 Å². The summed E-state index contributed by atoms with van der Waals surface area (Å²) >= 11 is 0. The lowest BCUT2D eigenvalue weighted by molar-refractivity contribution is -0.243. The van der Waals surface area contributed by atoms with Gasteiger partial charge in [0.15, 0.2) is 5.79 Å². The molecule has 3 rings (SSSR count). The molecule has 0 aromatic heterocycles. The Morgan fingerprint density at radius 1 is 1.16 bits per heavy atom. The highest BCUT2D eigenvalue weighted by Crippen LogP contribution is 2.65. The summed E-state index contributed by atoms with van der Waals surface area (Å²) in [6.07, 6.45) is 2.05. The minimum atomic E-state index is -2.11. The van der Waals surface area contributed by atoms with Crippen LogP contribution < -0.4 is 0 Å². The highest BCUT2D eigenvalue weighted by molar-refractivity contribution is 6.74. The first-order valence-electron chi connectivity index (χ1n) is 11.7. The van der Waals surface area contributed by atoms with Crippen LogP contribution in [0.3, 0.4) is 0 Å². The van der Waals surface area contributed by atoms with E-state index in [2.05, 4.69) is 61.2 Å². The van der Waals surface area contributed by atoms with Gasteiger partial charge >= 0.3 is 5.97 Å². The minimum absolute atomic E-state index is 0.0626. The van der Waals surface area contributed by atoms with Crippen LogP contribution in [0.1, 0.15) is 67.7 Å². The van der Waals surface area contributed by atoms with Crippen molar-refractivity contribution in [2.45, 2.75) is 91.6 Å². The molecule has 1 aliphatic heterocycles. The molecular formula is C25H42O5Si. The topological polar surface area (TPSA) is 54.0 Å². The predicted octanol–water partition coefficient (Wildman–Crippen LogP) is 5.97. The molecule has 2 fully saturated rings. The molecule has 0 aromatic carbocycles. The predicted molar refractivity (Wildman–Crippen MR) is 125 cm³/mol. The van der Waals surface area contributed by atoms with Gasteiger partial charge in [-0.1, -0.05) is 53.7 Å². The molecule has 2 aliphatic carbocycles. The van der Waals surface area contributed by atoms with E-state index in [1.54, 1.807) is 0 Å². The SMILES string of the molecule is C=C1CC(O[Si](C)(C)C(C)(C)C)=C2C(C)(C)C3(CC[C@]2(C)[C@@H]1C(=O)OCC)OCCO3. The van der Waals surface area contributed by atoms with Gasteiger partial charge in [-0.3, -0.25) is 4.79 Å². The molecule has 5 nitrogen and oxygen atoms in total. The molecule has 0 amide bonds. The van der Waals surface area contributed by atoms with Crippen molar-refractivity contribution in [1.82, 2.24) is 0 Å². The fourth-order valence-corrected chi connectivity index (χ4v) is 6.83. The van der Waals surface area contributed by atoms with Gasteiger partial charge in [0.05, 0.1) is 31.5 Å². The van der Waals surface area contributed by atoms with E-state index in [4.69, 9.17) is 18.6 Å². The normalized spacial score (nSPS) is 30.4. The van der Waals surface area contributed by atoms with Gasteiger partial charge in [0.25, 0.3) is 0 Å². The highest BCUT2D eigenvalue weighted by atomic mass is 28.4. The zero-order valence-electron chi connectivity index (χ0n) is 21.1. The van der Waals surface area contributed by atoms with Crippen molar-refractivity contribution in [3.63, 3.8) is 0 Å². The molecule has 0 aromatic rings. The second-order valence-electron chi connectivity index (χ2n) is 11.7. The monoisotopic (exact) mass is 450 g/mol. The molecule has 0 radical (unpaired) electrons. The Balaban J connectivity index is 2.21. The van der Waals surface area contributed by atoms with Crippen molar-refractivity contribution in [3.8, 4) is 0 Å². The van der Waals surface area contributed by atoms with E-state index in [1.807, 2.05) is 6.92 Å². The van der Waals surface area contributed by atoms with E-state index in [0.29, 0.717) is 26.2 Å². The number of allylic oxidation sites excluding steroid dienone is 1. The molecule has 6 heteroatoms. The van der Waals surface area contributed by atoms with Crippen LogP contribution in [0.4, 0.5) is 0 Å². The lowest BCUT2D eigenvalue weighted by Crippen LogP contribution is -2.59. The molecule has 176 valence electrons. The van der Waals surface area contributed by atoms with Gasteiger partial charge in [0.1, 0.15) is 0 Å². The Morgan fingerprint density at radius 3 is 2.26 bits per heavy atom. The fraction of sp³-hybridized carbons (Fsp3) is 0.800. The quantitative estimate of drug-likeness (QED) is 0.300. The Hall–Kier alpha value is -1.11. The van der Waals surface area contributed by atoms with E-state index in [9.17, 15) is 4.79 Å². The van der Waals surface area contributed by atoms with E-state index >= 15 is 0 Å². The third kappa shape index (κ3) is 3.72. The summed E-state index contributed by atoms with van der Waals surface area (Å²) in [6.45, 7) is 25.6. The summed E-state index contributed by atoms with van der Waals surface area (Å²) in [6, 6.07) is 0. The Bertz CT molecular complexity index is 782. The lowest BCUT2D eigenvalue weighted by atomic mass is 9.50. The maximum Gasteiger partial charge on any atom is 0.313 e. The van der Waals surface area contributed by atoms with E-state index in [0.717, 1.165) is 29.7 Å². The first-order valence-corrected chi connectivity index (χ1v) is 14.6. The number of carbonyl (C=O) groups is 1. The Kier molecular flexibility index (Phi) is 6.12. The standard InChI is InChI=1S/C25H42O5Si/c1-11-27-21(26)19-17(2)16-18(30-31(9,10)22(3,4)5)20-23(6,7)25(28-14-15-29-25)13-12-24(19,20)8/h19H,2,11-16H2,1,3-10H3/t19-,24+/m0/s1. The van der Waals surface area contributed by atoms with Crippen molar-refractivity contribution < 1.29 is 23.4 Å². The van der Waals surface area contributed by atoms with Gasteiger partial charge in [0, 0.05) is 23.7 Å². The van der Waals surface area contributed by atoms with Gasteiger partial charge < -0.3 is 18.6 Å². The molecular weight excluding hydrogens is 408 g/mol. The number of rotatable bonds is 4. The Labute approximate surface area is 189 Å². The molecule has 1 spiro atoms. The van der Waals surface area contributed by atoms with Crippen molar-refractivity contribution in [1.29, 1.82) is 0 Å². The van der Waals surface area contributed by atoms with Crippen LogP contribution in [-0.4, -0.2) is 39.9 Å². The summed E-state index contributed by atoms with van der Waals surface area (Å²) in [4.78, 5) is 13.1. The average Bonchev–Trinajstić information content (AvgIpc) is 3.08. The molecule has 3 aliphatic rings. The second-order valence-corrected chi connectivity index (χ2v) is 16.4. The number of hydrogen-bond donors (Lipinski definition) is 0. The fourth-order valence-electron chi connectivity index (χ4n) is 5.73. The van der Waals surface area contributed by atoms with Crippen molar-refractivity contribution >= 4 is 14.3 Å². The first kappa shape index (κ1) is 24.5. The van der Waals surface area contributed by atoms with Gasteiger partial charge in [-0.15, -0.1) is 0 Å². The van der Waals surface area contributed by atoms with E-state index < -0.39 is 24.9 Å². The average molecular weight is 451 g/mol. The number of carbonyl (C=O) groups excluding carboxylic acids is 1. The molecule has 0 unspecified atom stereocenters. The van der Waals surface area contributed by atoms with E-state index in [1.165, 1.54) is 0 Å². The molecule has 31 heavy (non-hydrogen) atoms. The molecule has 0 N–H and O–H groups in total. The molecule has 1 saturated heterocycles. The largest absolute Gasteiger partial charge is 0.546 e. The first-order chi connectivity index (χ1) is 14.1. The minimum Gasteiger partial charge on any atom is -0.546 e.